The molecule has 1 saturated carbocycles. The predicted octanol–water partition coefficient (Wildman–Crippen LogP) is 3.22. The maximum atomic E-state index is 12.0. The van der Waals surface area contributed by atoms with Crippen LogP contribution >= 0.6 is 0 Å². The molecule has 108 valence electrons. The van der Waals surface area contributed by atoms with Gasteiger partial charge in [0.25, 0.3) is 0 Å². The Bertz CT molecular complexity index is 496. The highest BCUT2D eigenvalue weighted by atomic mass is 16.1. The highest BCUT2D eigenvalue weighted by Crippen LogP contribution is 2.28. The minimum Gasteiger partial charge on any atom is -0.399 e. The van der Waals surface area contributed by atoms with Crippen molar-refractivity contribution in [2.24, 2.45) is 11.8 Å². The van der Waals surface area contributed by atoms with Gasteiger partial charge in [0.1, 0.15) is 0 Å². The number of nitrogens with two attached hydrogens (primary N) is 1. The summed E-state index contributed by atoms with van der Waals surface area (Å²) in [5, 5.41) is 3.12. The van der Waals surface area contributed by atoms with E-state index < -0.39 is 0 Å². The minimum absolute atomic E-state index is 0.0150. The molecule has 0 spiro atoms. The lowest BCUT2D eigenvalue weighted by Gasteiger charge is -2.32. The number of hydrogen-bond acceptors (Lipinski definition) is 2. The van der Waals surface area contributed by atoms with Crippen LogP contribution in [0.3, 0.4) is 0 Å². The molecule has 1 amide bonds. The van der Waals surface area contributed by atoms with Gasteiger partial charge in [-0.05, 0) is 54.9 Å². The molecule has 3 N–H and O–H groups in total. The van der Waals surface area contributed by atoms with E-state index in [0.717, 1.165) is 17.9 Å². The van der Waals surface area contributed by atoms with Gasteiger partial charge in [-0.3, -0.25) is 4.79 Å². The molecule has 1 aromatic carbocycles. The van der Waals surface area contributed by atoms with Crippen molar-refractivity contribution in [3.8, 4) is 0 Å². The first kappa shape index (κ1) is 14.6. The summed E-state index contributed by atoms with van der Waals surface area (Å²) in [5.74, 6) is 1.32. The molecule has 1 fully saturated rings. The fourth-order valence-electron chi connectivity index (χ4n) is 2.95. The zero-order valence-corrected chi connectivity index (χ0v) is 12.3. The van der Waals surface area contributed by atoms with Crippen molar-refractivity contribution in [3.63, 3.8) is 0 Å². The molecule has 3 atom stereocenters. The van der Waals surface area contributed by atoms with Crippen LogP contribution in [0.4, 0.5) is 5.69 Å². The lowest BCUT2D eigenvalue weighted by molar-refractivity contribution is -0.117. The van der Waals surface area contributed by atoms with Crippen LogP contribution in [0.1, 0.15) is 38.7 Å². The summed E-state index contributed by atoms with van der Waals surface area (Å²) in [5.41, 5.74) is 7.37. The van der Waals surface area contributed by atoms with E-state index in [2.05, 4.69) is 19.2 Å². The SMILES string of the molecule is CC1CCC(NC(=O)/C=C/c2cccc(N)c2)C(C)C1. The fourth-order valence-corrected chi connectivity index (χ4v) is 2.95. The topological polar surface area (TPSA) is 55.1 Å². The molecule has 0 heterocycles. The van der Waals surface area contributed by atoms with Crippen LogP contribution in [0.15, 0.2) is 30.3 Å². The van der Waals surface area contributed by atoms with Gasteiger partial charge < -0.3 is 11.1 Å². The third kappa shape index (κ3) is 4.12. The van der Waals surface area contributed by atoms with Crippen molar-refractivity contribution in [2.45, 2.75) is 39.2 Å². The number of hydrogen-bond donors (Lipinski definition) is 2. The Kier molecular flexibility index (Phi) is 4.83. The van der Waals surface area contributed by atoms with Gasteiger partial charge >= 0.3 is 0 Å². The molecule has 0 aromatic heterocycles. The molecule has 3 unspecified atom stereocenters. The number of carbonyl (C=O) groups excluding carboxylic acids is 1. The van der Waals surface area contributed by atoms with Crippen molar-refractivity contribution >= 4 is 17.7 Å². The van der Waals surface area contributed by atoms with Gasteiger partial charge in [-0.1, -0.05) is 26.0 Å². The highest BCUT2D eigenvalue weighted by molar-refractivity contribution is 5.92. The van der Waals surface area contributed by atoms with Crippen LogP contribution in [0.5, 0.6) is 0 Å². The first-order valence-electron chi connectivity index (χ1n) is 7.38. The second-order valence-electron chi connectivity index (χ2n) is 6.01. The molecule has 0 aliphatic heterocycles. The van der Waals surface area contributed by atoms with Gasteiger partial charge in [-0.25, -0.2) is 0 Å². The number of benzene rings is 1. The lowest BCUT2D eigenvalue weighted by Crippen LogP contribution is -2.41. The Morgan fingerprint density at radius 2 is 2.15 bits per heavy atom. The highest BCUT2D eigenvalue weighted by Gasteiger charge is 2.25. The van der Waals surface area contributed by atoms with Gasteiger partial charge in [0.05, 0.1) is 0 Å². The monoisotopic (exact) mass is 272 g/mol. The van der Waals surface area contributed by atoms with E-state index in [0.29, 0.717) is 17.6 Å². The molecule has 0 saturated heterocycles. The largest absolute Gasteiger partial charge is 0.399 e. The summed E-state index contributed by atoms with van der Waals surface area (Å²) in [7, 11) is 0. The van der Waals surface area contributed by atoms with E-state index >= 15 is 0 Å². The van der Waals surface area contributed by atoms with E-state index in [1.54, 1.807) is 6.08 Å². The van der Waals surface area contributed by atoms with Crippen molar-refractivity contribution in [1.82, 2.24) is 5.32 Å². The van der Waals surface area contributed by atoms with Crippen LogP contribution < -0.4 is 11.1 Å². The molecule has 20 heavy (non-hydrogen) atoms. The van der Waals surface area contributed by atoms with Gasteiger partial charge in [0.15, 0.2) is 0 Å². The molecular formula is C17H24N2O. The Morgan fingerprint density at radius 3 is 2.85 bits per heavy atom. The van der Waals surface area contributed by atoms with Gasteiger partial charge in [-0.2, -0.15) is 0 Å². The van der Waals surface area contributed by atoms with Crippen LogP contribution in [-0.4, -0.2) is 11.9 Å². The zero-order valence-electron chi connectivity index (χ0n) is 12.3. The van der Waals surface area contributed by atoms with Crippen molar-refractivity contribution in [3.05, 3.63) is 35.9 Å². The summed E-state index contributed by atoms with van der Waals surface area (Å²) in [6.07, 6.45) is 6.89. The van der Waals surface area contributed by atoms with Crippen molar-refractivity contribution in [2.75, 3.05) is 5.73 Å². The standard InChI is InChI=1S/C17H24N2O/c1-12-6-8-16(13(2)10-12)19-17(20)9-7-14-4-3-5-15(18)11-14/h3-5,7,9,11-13,16H,6,8,10,18H2,1-2H3,(H,19,20)/b9-7+. The normalized spacial score (nSPS) is 26.6. The molecule has 0 radical (unpaired) electrons. The summed E-state index contributed by atoms with van der Waals surface area (Å²) in [6, 6.07) is 7.82. The minimum atomic E-state index is -0.0150. The van der Waals surface area contributed by atoms with E-state index in [1.165, 1.54) is 12.8 Å². The number of nitrogen functional groups attached to an aromatic ring is 1. The summed E-state index contributed by atoms with van der Waals surface area (Å²) in [4.78, 5) is 12.0. The maximum absolute atomic E-state index is 12.0. The van der Waals surface area contributed by atoms with E-state index in [4.69, 9.17) is 5.73 Å². The Labute approximate surface area is 121 Å². The number of rotatable bonds is 3. The number of anilines is 1. The fraction of sp³-hybridized carbons (Fsp3) is 0.471. The van der Waals surface area contributed by atoms with Crippen LogP contribution in [0.25, 0.3) is 6.08 Å². The van der Waals surface area contributed by atoms with Crippen LogP contribution in [0, 0.1) is 11.8 Å². The quantitative estimate of drug-likeness (QED) is 0.655. The first-order chi connectivity index (χ1) is 9.54. The van der Waals surface area contributed by atoms with E-state index in [-0.39, 0.29) is 5.91 Å². The second kappa shape index (κ2) is 6.60. The third-order valence-electron chi connectivity index (χ3n) is 4.10. The molecule has 3 nitrogen and oxygen atoms in total. The Hall–Kier alpha value is -1.77. The molecular weight excluding hydrogens is 248 g/mol. The summed E-state index contributed by atoms with van der Waals surface area (Å²) in [6.45, 7) is 4.51. The van der Waals surface area contributed by atoms with E-state index in [1.807, 2.05) is 30.3 Å². The van der Waals surface area contributed by atoms with Crippen LogP contribution in [0.2, 0.25) is 0 Å². The second-order valence-corrected chi connectivity index (χ2v) is 6.01. The average Bonchev–Trinajstić information content (AvgIpc) is 2.40. The molecule has 0 bridgehead atoms. The number of carbonyl (C=O) groups is 1. The van der Waals surface area contributed by atoms with Gasteiger partial charge in [-0.15, -0.1) is 0 Å². The van der Waals surface area contributed by atoms with Crippen molar-refractivity contribution in [1.29, 1.82) is 0 Å². The summed E-state index contributed by atoms with van der Waals surface area (Å²) >= 11 is 0. The van der Waals surface area contributed by atoms with Crippen LogP contribution in [-0.2, 0) is 4.79 Å². The van der Waals surface area contributed by atoms with Crippen molar-refractivity contribution < 1.29 is 4.79 Å². The molecule has 1 aliphatic carbocycles. The third-order valence-corrected chi connectivity index (χ3v) is 4.10. The Balaban J connectivity index is 1.89. The number of nitrogens with one attached hydrogen (secondary N) is 1. The lowest BCUT2D eigenvalue weighted by atomic mass is 9.80. The first-order valence-corrected chi connectivity index (χ1v) is 7.38. The summed E-state index contributed by atoms with van der Waals surface area (Å²) < 4.78 is 0. The molecule has 2 rings (SSSR count). The molecule has 1 aliphatic rings. The zero-order chi connectivity index (χ0) is 14.5. The Morgan fingerprint density at radius 1 is 1.35 bits per heavy atom. The smallest absolute Gasteiger partial charge is 0.244 e. The number of amides is 1. The van der Waals surface area contributed by atoms with E-state index in [9.17, 15) is 4.79 Å². The maximum Gasteiger partial charge on any atom is 0.244 e. The molecule has 1 aromatic rings. The van der Waals surface area contributed by atoms with Gasteiger partial charge in [0.2, 0.25) is 5.91 Å². The van der Waals surface area contributed by atoms with Gasteiger partial charge in [0, 0.05) is 17.8 Å². The average molecular weight is 272 g/mol. The predicted molar refractivity (Wildman–Crippen MR) is 84.0 cm³/mol. The molecule has 3 heteroatoms.